The number of rotatable bonds is 8. The van der Waals surface area contributed by atoms with Crippen LogP contribution >= 0.6 is 11.6 Å². The molecule has 2 aromatic carbocycles. The lowest BCUT2D eigenvalue weighted by Gasteiger charge is -2.37. The summed E-state index contributed by atoms with van der Waals surface area (Å²) in [4.78, 5) is 27.1. The SMILES string of the molecule is COCCOC(=O)C1=C(C)NC2=C(C(=O)C[C@H](c3ccc(Cl)cc3)C2)[C@H]1c1cccc(OC)c1OC. The summed E-state index contributed by atoms with van der Waals surface area (Å²) in [5, 5.41) is 4.01. The molecule has 8 heteroatoms. The number of carbonyl (C=O) groups is 2. The standard InChI is InChI=1S/C28H30ClNO6/c1-16-24(28(32)36-13-12-33-2)25(20-6-5-7-23(34-3)27(20)35-4)26-21(30-16)14-18(15-22(26)31)17-8-10-19(29)11-9-17/h5-11,18,25,30H,12-15H2,1-4H3/t18-,25+/m1/s1. The molecule has 1 aliphatic heterocycles. The van der Waals surface area contributed by atoms with Crippen LogP contribution < -0.4 is 14.8 Å². The molecule has 4 rings (SSSR count). The maximum atomic E-state index is 13.8. The number of ether oxygens (including phenoxy) is 4. The van der Waals surface area contributed by atoms with Crippen molar-refractivity contribution < 1.29 is 28.5 Å². The zero-order valence-corrected chi connectivity index (χ0v) is 21.6. The van der Waals surface area contributed by atoms with E-state index < -0.39 is 11.9 Å². The molecule has 1 aliphatic carbocycles. The minimum Gasteiger partial charge on any atom is -0.493 e. The topological polar surface area (TPSA) is 83.1 Å². The molecule has 190 valence electrons. The Bertz CT molecular complexity index is 1220. The first-order valence-corrected chi connectivity index (χ1v) is 12.1. The van der Waals surface area contributed by atoms with Crippen molar-refractivity contribution in [2.45, 2.75) is 31.6 Å². The highest BCUT2D eigenvalue weighted by atomic mass is 35.5. The number of hydrogen-bond donors (Lipinski definition) is 1. The van der Waals surface area contributed by atoms with Gasteiger partial charge in [-0.2, -0.15) is 0 Å². The first-order chi connectivity index (χ1) is 17.4. The van der Waals surface area contributed by atoms with Crippen LogP contribution in [-0.4, -0.2) is 46.3 Å². The number of halogens is 1. The van der Waals surface area contributed by atoms with Crippen LogP contribution in [-0.2, 0) is 19.1 Å². The second-order valence-electron chi connectivity index (χ2n) is 8.78. The molecule has 0 fully saturated rings. The lowest BCUT2D eigenvalue weighted by molar-refractivity contribution is -0.140. The van der Waals surface area contributed by atoms with Crippen LogP contribution in [0, 0.1) is 0 Å². The second-order valence-corrected chi connectivity index (χ2v) is 9.22. The van der Waals surface area contributed by atoms with Gasteiger partial charge in [-0.25, -0.2) is 4.79 Å². The van der Waals surface area contributed by atoms with Gasteiger partial charge in [0.25, 0.3) is 0 Å². The van der Waals surface area contributed by atoms with E-state index in [1.165, 1.54) is 0 Å². The van der Waals surface area contributed by atoms with Crippen LogP contribution in [0.1, 0.15) is 42.7 Å². The molecule has 36 heavy (non-hydrogen) atoms. The number of esters is 1. The third-order valence-electron chi connectivity index (χ3n) is 6.65. The molecule has 7 nitrogen and oxygen atoms in total. The van der Waals surface area contributed by atoms with Gasteiger partial charge in [0.05, 0.1) is 32.3 Å². The number of Topliss-reactive ketones (excluding diaryl/α,β-unsaturated/α-hetero) is 1. The lowest BCUT2D eigenvalue weighted by Crippen LogP contribution is -2.36. The molecule has 0 unspecified atom stereocenters. The van der Waals surface area contributed by atoms with Crippen molar-refractivity contribution in [3.8, 4) is 11.5 Å². The number of carbonyl (C=O) groups excluding carboxylic acids is 2. The summed E-state index contributed by atoms with van der Waals surface area (Å²) in [6, 6.07) is 13.1. The minimum atomic E-state index is -0.667. The molecule has 2 aliphatic rings. The van der Waals surface area contributed by atoms with Gasteiger partial charge in [-0.1, -0.05) is 35.9 Å². The molecule has 2 aromatic rings. The van der Waals surface area contributed by atoms with Gasteiger partial charge in [0.2, 0.25) is 0 Å². The van der Waals surface area contributed by atoms with E-state index in [0.717, 1.165) is 11.3 Å². The smallest absolute Gasteiger partial charge is 0.336 e. The fourth-order valence-electron chi connectivity index (χ4n) is 5.03. The molecular formula is C28H30ClNO6. The van der Waals surface area contributed by atoms with E-state index in [2.05, 4.69) is 5.32 Å². The molecule has 0 spiro atoms. The van der Waals surface area contributed by atoms with Gasteiger partial charge < -0.3 is 24.3 Å². The van der Waals surface area contributed by atoms with E-state index >= 15 is 0 Å². The van der Waals surface area contributed by atoms with Crippen LogP contribution in [0.4, 0.5) is 0 Å². The van der Waals surface area contributed by atoms with Crippen molar-refractivity contribution in [1.29, 1.82) is 0 Å². The Morgan fingerprint density at radius 1 is 1.03 bits per heavy atom. The molecular weight excluding hydrogens is 482 g/mol. The molecule has 0 saturated heterocycles. The van der Waals surface area contributed by atoms with E-state index in [0.29, 0.717) is 51.8 Å². The average molecular weight is 512 g/mol. The second kappa shape index (κ2) is 11.2. The van der Waals surface area contributed by atoms with Crippen molar-refractivity contribution in [2.24, 2.45) is 0 Å². The predicted octanol–water partition coefficient (Wildman–Crippen LogP) is 4.91. The fourth-order valence-corrected chi connectivity index (χ4v) is 5.15. The Balaban J connectivity index is 1.82. The number of hydrogen-bond acceptors (Lipinski definition) is 7. The van der Waals surface area contributed by atoms with Gasteiger partial charge in [-0.15, -0.1) is 0 Å². The summed E-state index contributed by atoms with van der Waals surface area (Å²) >= 11 is 6.07. The Morgan fingerprint density at radius 3 is 2.44 bits per heavy atom. The highest BCUT2D eigenvalue weighted by Crippen LogP contribution is 2.49. The number of ketones is 1. The normalized spacial score (nSPS) is 19.5. The fraction of sp³-hybridized carbons (Fsp3) is 0.357. The van der Waals surface area contributed by atoms with Crippen LogP contribution in [0.25, 0.3) is 0 Å². The third-order valence-corrected chi connectivity index (χ3v) is 6.91. The Kier molecular flexibility index (Phi) is 8.01. The number of nitrogens with one attached hydrogen (secondary N) is 1. The average Bonchev–Trinajstić information content (AvgIpc) is 2.87. The van der Waals surface area contributed by atoms with Crippen molar-refractivity contribution in [2.75, 3.05) is 34.5 Å². The maximum Gasteiger partial charge on any atom is 0.336 e. The zero-order valence-electron chi connectivity index (χ0n) is 20.9. The molecule has 0 bridgehead atoms. The Labute approximate surface area is 216 Å². The first-order valence-electron chi connectivity index (χ1n) is 11.8. The van der Waals surface area contributed by atoms with E-state index in [-0.39, 0.29) is 24.9 Å². The van der Waals surface area contributed by atoms with Crippen molar-refractivity contribution in [3.05, 3.63) is 81.2 Å². The van der Waals surface area contributed by atoms with E-state index in [4.69, 9.17) is 30.5 Å². The van der Waals surface area contributed by atoms with Gasteiger partial charge in [0, 0.05) is 41.1 Å². The van der Waals surface area contributed by atoms with E-state index in [9.17, 15) is 9.59 Å². The first kappa shape index (κ1) is 25.8. The summed E-state index contributed by atoms with van der Waals surface area (Å²) < 4.78 is 21.8. The number of dihydropyridines is 1. The molecule has 0 amide bonds. The molecule has 1 heterocycles. The lowest BCUT2D eigenvalue weighted by atomic mass is 9.71. The monoisotopic (exact) mass is 511 g/mol. The highest BCUT2D eigenvalue weighted by molar-refractivity contribution is 6.30. The van der Waals surface area contributed by atoms with Crippen LogP contribution in [0.5, 0.6) is 11.5 Å². The van der Waals surface area contributed by atoms with Gasteiger partial charge in [0.15, 0.2) is 17.3 Å². The number of para-hydroxylation sites is 1. The number of allylic oxidation sites excluding steroid dienone is 3. The van der Waals surface area contributed by atoms with E-state index in [1.54, 1.807) is 27.4 Å². The van der Waals surface area contributed by atoms with Crippen LogP contribution in [0.3, 0.4) is 0 Å². The molecule has 0 radical (unpaired) electrons. The predicted molar refractivity (Wildman–Crippen MR) is 136 cm³/mol. The summed E-state index contributed by atoms with van der Waals surface area (Å²) in [5.74, 6) is -0.222. The molecule has 1 N–H and O–H groups in total. The van der Waals surface area contributed by atoms with Gasteiger partial charge in [-0.05, 0) is 43.0 Å². The third kappa shape index (κ3) is 4.99. The van der Waals surface area contributed by atoms with Crippen LogP contribution in [0.2, 0.25) is 5.02 Å². The van der Waals surface area contributed by atoms with E-state index in [1.807, 2.05) is 43.3 Å². The highest BCUT2D eigenvalue weighted by Gasteiger charge is 2.42. The molecule has 0 aromatic heterocycles. The van der Waals surface area contributed by atoms with Crippen molar-refractivity contribution in [3.63, 3.8) is 0 Å². The Morgan fingerprint density at radius 2 is 1.78 bits per heavy atom. The number of benzene rings is 2. The zero-order chi connectivity index (χ0) is 25.8. The van der Waals surface area contributed by atoms with Crippen LogP contribution in [0.15, 0.2) is 65.0 Å². The quantitative estimate of drug-likeness (QED) is 0.398. The summed E-state index contributed by atoms with van der Waals surface area (Å²) in [6.07, 6.45) is 0.935. The molecule has 0 saturated carbocycles. The van der Waals surface area contributed by atoms with Gasteiger partial charge in [-0.3, -0.25) is 4.79 Å². The van der Waals surface area contributed by atoms with Gasteiger partial charge >= 0.3 is 5.97 Å². The summed E-state index contributed by atoms with van der Waals surface area (Å²) in [6.45, 7) is 2.20. The minimum absolute atomic E-state index is 0.00289. The van der Waals surface area contributed by atoms with Crippen molar-refractivity contribution in [1.82, 2.24) is 5.32 Å². The van der Waals surface area contributed by atoms with Gasteiger partial charge in [0.1, 0.15) is 6.61 Å². The molecule has 2 atom stereocenters. The maximum absolute atomic E-state index is 13.8. The Hall–Kier alpha value is -3.29. The van der Waals surface area contributed by atoms with Crippen molar-refractivity contribution >= 4 is 23.4 Å². The number of methoxy groups -OCH3 is 3. The largest absolute Gasteiger partial charge is 0.493 e. The summed E-state index contributed by atoms with van der Waals surface area (Å²) in [7, 11) is 4.64. The summed E-state index contributed by atoms with van der Waals surface area (Å²) in [5.41, 5.74) is 4.07.